The zero-order valence-corrected chi connectivity index (χ0v) is 11.3. The number of unbranched alkanes of at least 4 members (excludes halogenated alkanes) is 1. The van der Waals surface area contributed by atoms with Crippen LogP contribution in [-0.4, -0.2) is 28.0 Å². The molecular formula is C14H20N2O3. The maximum absolute atomic E-state index is 11.8. The van der Waals surface area contributed by atoms with Gasteiger partial charge in [-0.2, -0.15) is 0 Å². The van der Waals surface area contributed by atoms with E-state index in [0.29, 0.717) is 12.1 Å². The first kappa shape index (κ1) is 15.1. The summed E-state index contributed by atoms with van der Waals surface area (Å²) in [6.07, 6.45) is 3.88. The molecule has 1 aromatic rings. The molecule has 1 aromatic heterocycles. The van der Waals surface area contributed by atoms with Crippen molar-refractivity contribution in [3.63, 3.8) is 0 Å². The fourth-order valence-electron chi connectivity index (χ4n) is 1.77. The molecule has 0 bridgehead atoms. The number of carboxylic acids is 1. The van der Waals surface area contributed by atoms with Gasteiger partial charge in [0.1, 0.15) is 6.04 Å². The molecule has 1 rings (SSSR count). The molecule has 1 atom stereocenters. The Balaban J connectivity index is 2.58. The second kappa shape index (κ2) is 7.51. The second-order valence-corrected chi connectivity index (χ2v) is 4.54. The Morgan fingerprint density at radius 3 is 2.79 bits per heavy atom. The van der Waals surface area contributed by atoms with E-state index >= 15 is 0 Å². The van der Waals surface area contributed by atoms with Crippen LogP contribution < -0.4 is 5.32 Å². The number of carbonyl (C=O) groups excluding carboxylic acids is 1. The number of rotatable bonds is 7. The SMILES string of the molecule is CCCC[C@H](NC(=O)Cc1ncccc1C)C(=O)O. The van der Waals surface area contributed by atoms with Crippen LogP contribution in [0.25, 0.3) is 0 Å². The second-order valence-electron chi connectivity index (χ2n) is 4.54. The van der Waals surface area contributed by atoms with E-state index in [1.807, 2.05) is 19.9 Å². The number of nitrogens with zero attached hydrogens (tertiary/aromatic N) is 1. The van der Waals surface area contributed by atoms with Gasteiger partial charge >= 0.3 is 5.97 Å². The molecule has 2 N–H and O–H groups in total. The molecule has 104 valence electrons. The third-order valence-corrected chi connectivity index (χ3v) is 2.93. The summed E-state index contributed by atoms with van der Waals surface area (Å²) in [6.45, 7) is 3.86. The average Bonchev–Trinajstić information content (AvgIpc) is 2.37. The Morgan fingerprint density at radius 2 is 2.21 bits per heavy atom. The molecular weight excluding hydrogens is 244 g/mol. The molecule has 0 aliphatic rings. The van der Waals surface area contributed by atoms with Crippen molar-refractivity contribution in [1.82, 2.24) is 10.3 Å². The minimum absolute atomic E-state index is 0.114. The summed E-state index contributed by atoms with van der Waals surface area (Å²) in [5.74, 6) is -1.29. The number of amides is 1. The molecule has 1 heterocycles. The summed E-state index contributed by atoms with van der Waals surface area (Å²) in [6, 6.07) is 2.87. The van der Waals surface area contributed by atoms with Crippen molar-refractivity contribution in [3.05, 3.63) is 29.6 Å². The number of nitrogens with one attached hydrogen (secondary N) is 1. The fraction of sp³-hybridized carbons (Fsp3) is 0.500. The van der Waals surface area contributed by atoms with Gasteiger partial charge in [-0.1, -0.05) is 25.8 Å². The lowest BCUT2D eigenvalue weighted by atomic mass is 10.1. The number of aryl methyl sites for hydroxylation is 1. The molecule has 0 spiro atoms. The Morgan fingerprint density at radius 1 is 1.47 bits per heavy atom. The molecule has 0 aliphatic carbocycles. The lowest BCUT2D eigenvalue weighted by Gasteiger charge is -2.14. The Kier molecular flexibility index (Phi) is 5.99. The monoisotopic (exact) mass is 264 g/mol. The first-order valence-corrected chi connectivity index (χ1v) is 6.47. The van der Waals surface area contributed by atoms with Gasteiger partial charge in [0.05, 0.1) is 12.1 Å². The van der Waals surface area contributed by atoms with Gasteiger partial charge in [-0.3, -0.25) is 9.78 Å². The molecule has 1 amide bonds. The van der Waals surface area contributed by atoms with Crippen molar-refractivity contribution in [1.29, 1.82) is 0 Å². The van der Waals surface area contributed by atoms with E-state index in [1.54, 1.807) is 12.3 Å². The van der Waals surface area contributed by atoms with Crippen molar-refractivity contribution in [2.75, 3.05) is 0 Å². The minimum Gasteiger partial charge on any atom is -0.480 e. The van der Waals surface area contributed by atoms with Crippen molar-refractivity contribution < 1.29 is 14.7 Å². The number of pyridine rings is 1. The molecule has 0 radical (unpaired) electrons. The molecule has 5 nitrogen and oxygen atoms in total. The van der Waals surface area contributed by atoms with Gasteiger partial charge in [-0.15, -0.1) is 0 Å². The van der Waals surface area contributed by atoms with Crippen LogP contribution in [0.5, 0.6) is 0 Å². The molecule has 0 aromatic carbocycles. The van der Waals surface area contributed by atoms with Gasteiger partial charge in [0.15, 0.2) is 0 Å². The van der Waals surface area contributed by atoms with E-state index < -0.39 is 12.0 Å². The van der Waals surface area contributed by atoms with Crippen molar-refractivity contribution in [2.24, 2.45) is 0 Å². The van der Waals surface area contributed by atoms with Gasteiger partial charge in [0.25, 0.3) is 0 Å². The predicted octanol–water partition coefficient (Wildman–Crippen LogP) is 1.69. The van der Waals surface area contributed by atoms with Gasteiger partial charge in [-0.25, -0.2) is 4.79 Å². The van der Waals surface area contributed by atoms with Crippen LogP contribution in [-0.2, 0) is 16.0 Å². The lowest BCUT2D eigenvalue weighted by molar-refractivity contribution is -0.142. The quantitative estimate of drug-likeness (QED) is 0.785. The summed E-state index contributed by atoms with van der Waals surface area (Å²) >= 11 is 0. The number of aliphatic carboxylic acids is 1. The highest BCUT2D eigenvalue weighted by atomic mass is 16.4. The summed E-state index contributed by atoms with van der Waals surface area (Å²) < 4.78 is 0. The van der Waals surface area contributed by atoms with Crippen molar-refractivity contribution in [2.45, 2.75) is 45.6 Å². The summed E-state index contributed by atoms with van der Waals surface area (Å²) in [5, 5.41) is 11.6. The maximum atomic E-state index is 11.8. The third kappa shape index (κ3) is 5.07. The molecule has 19 heavy (non-hydrogen) atoms. The van der Waals surface area contributed by atoms with Crippen LogP contribution in [0.15, 0.2) is 18.3 Å². The average molecular weight is 264 g/mol. The van der Waals surface area contributed by atoms with Crippen LogP contribution >= 0.6 is 0 Å². The molecule has 0 aliphatic heterocycles. The van der Waals surface area contributed by atoms with Crippen LogP contribution in [0.2, 0.25) is 0 Å². The number of hydrogen-bond donors (Lipinski definition) is 2. The Labute approximate surface area is 113 Å². The maximum Gasteiger partial charge on any atom is 0.326 e. The zero-order valence-electron chi connectivity index (χ0n) is 11.3. The van der Waals surface area contributed by atoms with E-state index in [-0.39, 0.29) is 12.3 Å². The van der Waals surface area contributed by atoms with E-state index in [0.717, 1.165) is 18.4 Å². The number of hydrogen-bond acceptors (Lipinski definition) is 3. The van der Waals surface area contributed by atoms with Gasteiger partial charge in [-0.05, 0) is 25.0 Å². The van der Waals surface area contributed by atoms with E-state index in [1.165, 1.54) is 0 Å². The van der Waals surface area contributed by atoms with Crippen molar-refractivity contribution in [3.8, 4) is 0 Å². The van der Waals surface area contributed by atoms with Crippen LogP contribution in [0.4, 0.5) is 0 Å². The first-order chi connectivity index (χ1) is 9.04. The smallest absolute Gasteiger partial charge is 0.326 e. The summed E-state index contributed by atoms with van der Waals surface area (Å²) in [5.41, 5.74) is 1.61. The molecule has 0 unspecified atom stereocenters. The standard InChI is InChI=1S/C14H20N2O3/c1-3-4-7-11(14(18)19)16-13(17)9-12-10(2)6-5-8-15-12/h5-6,8,11H,3-4,7,9H2,1-2H3,(H,16,17)(H,18,19)/t11-/m0/s1. The summed E-state index contributed by atoms with van der Waals surface area (Å²) in [7, 11) is 0. The molecule has 0 fully saturated rings. The van der Waals surface area contributed by atoms with Gasteiger partial charge in [0, 0.05) is 6.20 Å². The Hall–Kier alpha value is -1.91. The topological polar surface area (TPSA) is 79.3 Å². The van der Waals surface area contributed by atoms with Crippen LogP contribution in [0.3, 0.4) is 0 Å². The summed E-state index contributed by atoms with van der Waals surface area (Å²) in [4.78, 5) is 27.0. The van der Waals surface area contributed by atoms with E-state index in [2.05, 4.69) is 10.3 Å². The number of carboxylic acid groups (broad SMARTS) is 1. The van der Waals surface area contributed by atoms with E-state index in [4.69, 9.17) is 5.11 Å². The highest BCUT2D eigenvalue weighted by Crippen LogP contribution is 2.05. The third-order valence-electron chi connectivity index (χ3n) is 2.93. The lowest BCUT2D eigenvalue weighted by Crippen LogP contribution is -2.41. The Bertz CT molecular complexity index is 446. The molecule has 5 heteroatoms. The van der Waals surface area contributed by atoms with Crippen LogP contribution in [0, 0.1) is 6.92 Å². The van der Waals surface area contributed by atoms with Crippen molar-refractivity contribution >= 4 is 11.9 Å². The molecule has 0 saturated carbocycles. The normalized spacial score (nSPS) is 11.9. The number of carbonyl (C=O) groups is 2. The minimum atomic E-state index is -0.987. The van der Waals surface area contributed by atoms with Gasteiger partial charge in [0.2, 0.25) is 5.91 Å². The zero-order chi connectivity index (χ0) is 14.3. The largest absolute Gasteiger partial charge is 0.480 e. The van der Waals surface area contributed by atoms with Crippen LogP contribution in [0.1, 0.15) is 37.4 Å². The highest BCUT2D eigenvalue weighted by molar-refractivity contribution is 5.84. The highest BCUT2D eigenvalue weighted by Gasteiger charge is 2.19. The van der Waals surface area contributed by atoms with Gasteiger partial charge < -0.3 is 10.4 Å². The fourth-order valence-corrected chi connectivity index (χ4v) is 1.77. The number of aromatic nitrogens is 1. The first-order valence-electron chi connectivity index (χ1n) is 6.47. The molecule has 0 saturated heterocycles. The predicted molar refractivity (Wildman–Crippen MR) is 71.8 cm³/mol. The van der Waals surface area contributed by atoms with E-state index in [9.17, 15) is 9.59 Å².